The first-order valence-corrected chi connectivity index (χ1v) is 9.83. The molecule has 0 atom stereocenters. The van der Waals surface area contributed by atoms with Gasteiger partial charge in [-0.3, -0.25) is 0 Å². The van der Waals surface area contributed by atoms with Crippen LogP contribution in [0.4, 0.5) is 10.5 Å². The zero-order valence-corrected chi connectivity index (χ0v) is 15.6. The fourth-order valence-corrected chi connectivity index (χ4v) is 3.75. The molecule has 6 nitrogen and oxygen atoms in total. The molecular weight excluding hydrogens is 352 g/mol. The van der Waals surface area contributed by atoms with E-state index in [1.54, 1.807) is 0 Å². The van der Waals surface area contributed by atoms with Crippen molar-refractivity contribution in [3.05, 3.63) is 65.5 Å². The van der Waals surface area contributed by atoms with Crippen LogP contribution in [0.3, 0.4) is 0 Å². The summed E-state index contributed by atoms with van der Waals surface area (Å²) in [7, 11) is 0. The van der Waals surface area contributed by atoms with E-state index in [1.807, 2.05) is 35.2 Å². The Morgan fingerprint density at radius 3 is 2.61 bits per heavy atom. The van der Waals surface area contributed by atoms with Gasteiger partial charge < -0.3 is 14.7 Å². The Morgan fingerprint density at radius 1 is 1.07 bits per heavy atom. The molecule has 5 rings (SSSR count). The molecule has 0 spiro atoms. The monoisotopic (exact) mass is 374 g/mol. The van der Waals surface area contributed by atoms with E-state index in [9.17, 15) is 4.79 Å². The first-order valence-electron chi connectivity index (χ1n) is 9.83. The minimum atomic E-state index is -0.0749. The number of amides is 2. The second kappa shape index (κ2) is 7.11. The summed E-state index contributed by atoms with van der Waals surface area (Å²) in [5.74, 6) is 1.77. The smallest absolute Gasteiger partial charge is 0.322 e. The highest BCUT2D eigenvalue weighted by molar-refractivity contribution is 5.89. The molecule has 2 amide bonds. The Kier molecular flexibility index (Phi) is 4.31. The fourth-order valence-electron chi connectivity index (χ4n) is 3.75. The number of hydrogen-bond donors (Lipinski definition) is 1. The van der Waals surface area contributed by atoms with Crippen LogP contribution in [-0.4, -0.2) is 27.6 Å². The van der Waals surface area contributed by atoms with Crippen molar-refractivity contribution >= 4 is 11.7 Å². The molecule has 1 aliphatic heterocycles. The molecule has 1 fully saturated rings. The summed E-state index contributed by atoms with van der Waals surface area (Å²) in [4.78, 5) is 19.0. The maximum absolute atomic E-state index is 12.6. The molecule has 6 heteroatoms. The number of carbonyl (C=O) groups is 1. The predicted octanol–water partition coefficient (Wildman–Crippen LogP) is 4.59. The summed E-state index contributed by atoms with van der Waals surface area (Å²) in [6.07, 6.45) is 4.39. The van der Waals surface area contributed by atoms with Gasteiger partial charge >= 0.3 is 6.03 Å². The molecule has 2 aromatic carbocycles. The quantitative estimate of drug-likeness (QED) is 0.728. The second-order valence-corrected chi connectivity index (χ2v) is 7.53. The number of hydrogen-bond acceptors (Lipinski definition) is 4. The number of urea groups is 1. The van der Waals surface area contributed by atoms with Gasteiger partial charge in [-0.15, -0.1) is 0 Å². The summed E-state index contributed by atoms with van der Waals surface area (Å²) in [5, 5.41) is 7.08. The minimum Gasteiger partial charge on any atom is -0.339 e. The van der Waals surface area contributed by atoms with Crippen molar-refractivity contribution in [3.8, 4) is 11.4 Å². The molecule has 0 saturated heterocycles. The lowest BCUT2D eigenvalue weighted by molar-refractivity contribution is 0.206. The first-order chi connectivity index (χ1) is 13.8. The lowest BCUT2D eigenvalue weighted by Crippen LogP contribution is -2.38. The number of carbonyl (C=O) groups excluding carboxylic acids is 1. The van der Waals surface area contributed by atoms with Gasteiger partial charge in [-0.05, 0) is 54.7 Å². The predicted molar refractivity (Wildman–Crippen MR) is 106 cm³/mol. The van der Waals surface area contributed by atoms with Crippen molar-refractivity contribution in [3.63, 3.8) is 0 Å². The van der Waals surface area contributed by atoms with Gasteiger partial charge in [0.2, 0.25) is 11.7 Å². The molecule has 0 radical (unpaired) electrons. The number of rotatable bonds is 3. The Balaban J connectivity index is 1.24. The van der Waals surface area contributed by atoms with Crippen LogP contribution in [0.25, 0.3) is 11.4 Å². The molecule has 0 bridgehead atoms. The van der Waals surface area contributed by atoms with Gasteiger partial charge in [0.15, 0.2) is 0 Å². The van der Waals surface area contributed by atoms with Crippen LogP contribution < -0.4 is 5.32 Å². The van der Waals surface area contributed by atoms with Crippen molar-refractivity contribution < 1.29 is 9.32 Å². The van der Waals surface area contributed by atoms with Gasteiger partial charge in [-0.25, -0.2) is 4.79 Å². The lowest BCUT2D eigenvalue weighted by atomic mass is 9.85. The Labute approximate surface area is 163 Å². The van der Waals surface area contributed by atoms with Crippen molar-refractivity contribution in [1.29, 1.82) is 0 Å². The number of nitrogens with one attached hydrogen (secondary N) is 1. The maximum Gasteiger partial charge on any atom is 0.322 e. The lowest BCUT2D eigenvalue weighted by Gasteiger charge is -2.29. The van der Waals surface area contributed by atoms with Crippen LogP contribution in [0.15, 0.2) is 53.1 Å². The van der Waals surface area contributed by atoms with Crippen LogP contribution in [0, 0.1) is 0 Å². The number of benzene rings is 2. The molecular formula is C22H22N4O2. The largest absolute Gasteiger partial charge is 0.339 e. The number of fused-ring (bicyclic) bond motifs is 1. The van der Waals surface area contributed by atoms with Gasteiger partial charge in [-0.2, -0.15) is 4.98 Å². The third kappa shape index (κ3) is 3.26. The number of nitrogens with zero attached hydrogens (tertiary/aromatic N) is 3. The minimum absolute atomic E-state index is 0.0749. The van der Waals surface area contributed by atoms with E-state index in [0.717, 1.165) is 42.9 Å². The van der Waals surface area contributed by atoms with Crippen LogP contribution in [0.2, 0.25) is 0 Å². The van der Waals surface area contributed by atoms with E-state index in [2.05, 4.69) is 33.7 Å². The molecule has 142 valence electrons. The van der Waals surface area contributed by atoms with Gasteiger partial charge in [0.05, 0.1) is 0 Å². The summed E-state index contributed by atoms with van der Waals surface area (Å²) in [6, 6.07) is 15.8. The number of anilines is 1. The van der Waals surface area contributed by atoms with Crippen LogP contribution in [-0.2, 0) is 13.0 Å². The molecule has 2 heterocycles. The van der Waals surface area contributed by atoms with E-state index in [1.165, 1.54) is 17.5 Å². The Bertz CT molecular complexity index is 992. The molecule has 28 heavy (non-hydrogen) atoms. The zero-order chi connectivity index (χ0) is 18.9. The second-order valence-electron chi connectivity index (χ2n) is 7.53. The molecule has 0 unspecified atom stereocenters. The van der Waals surface area contributed by atoms with E-state index >= 15 is 0 Å². The van der Waals surface area contributed by atoms with Crippen molar-refractivity contribution in [2.24, 2.45) is 0 Å². The summed E-state index contributed by atoms with van der Waals surface area (Å²) < 4.78 is 5.39. The summed E-state index contributed by atoms with van der Waals surface area (Å²) in [5.41, 5.74) is 4.20. The van der Waals surface area contributed by atoms with E-state index in [0.29, 0.717) is 18.3 Å². The third-order valence-corrected chi connectivity index (χ3v) is 5.71. The van der Waals surface area contributed by atoms with Gasteiger partial charge in [0, 0.05) is 30.3 Å². The molecule has 1 aromatic heterocycles. The standard InChI is InChI=1S/C22H22N4O2/c27-22(26-13-12-15-4-1-2-5-18(15)14-26)23-19-10-8-16(9-11-19)20-24-21(28-25-20)17-6-3-7-17/h1-2,4-5,8-11,17H,3,6-7,12-14H2,(H,23,27). The molecule has 1 aliphatic carbocycles. The topological polar surface area (TPSA) is 71.3 Å². The average molecular weight is 374 g/mol. The zero-order valence-electron chi connectivity index (χ0n) is 15.6. The summed E-state index contributed by atoms with van der Waals surface area (Å²) in [6.45, 7) is 1.38. The van der Waals surface area contributed by atoms with Crippen LogP contribution in [0.5, 0.6) is 0 Å². The highest BCUT2D eigenvalue weighted by Crippen LogP contribution is 2.36. The van der Waals surface area contributed by atoms with E-state index in [-0.39, 0.29) is 6.03 Å². The third-order valence-electron chi connectivity index (χ3n) is 5.71. The average Bonchev–Trinajstić information content (AvgIpc) is 3.16. The maximum atomic E-state index is 12.6. The Hall–Kier alpha value is -3.15. The Morgan fingerprint density at radius 2 is 1.86 bits per heavy atom. The van der Waals surface area contributed by atoms with Gasteiger partial charge in [0.25, 0.3) is 0 Å². The van der Waals surface area contributed by atoms with Crippen molar-refractivity contribution in [2.75, 3.05) is 11.9 Å². The van der Waals surface area contributed by atoms with Crippen molar-refractivity contribution in [1.82, 2.24) is 15.0 Å². The molecule has 1 N–H and O–H groups in total. The van der Waals surface area contributed by atoms with E-state index < -0.39 is 0 Å². The van der Waals surface area contributed by atoms with Gasteiger partial charge in [-0.1, -0.05) is 35.8 Å². The highest BCUT2D eigenvalue weighted by Gasteiger charge is 2.25. The first kappa shape index (κ1) is 17.0. The van der Waals surface area contributed by atoms with E-state index in [4.69, 9.17) is 4.52 Å². The van der Waals surface area contributed by atoms with Gasteiger partial charge in [0.1, 0.15) is 0 Å². The highest BCUT2D eigenvalue weighted by atomic mass is 16.5. The molecule has 1 saturated carbocycles. The number of aromatic nitrogens is 2. The fraction of sp³-hybridized carbons (Fsp3) is 0.318. The summed E-state index contributed by atoms with van der Waals surface area (Å²) >= 11 is 0. The van der Waals surface area contributed by atoms with Crippen LogP contribution >= 0.6 is 0 Å². The normalized spacial score (nSPS) is 16.4. The molecule has 3 aromatic rings. The van der Waals surface area contributed by atoms with Crippen molar-refractivity contribution in [2.45, 2.75) is 38.1 Å². The molecule has 2 aliphatic rings. The SMILES string of the molecule is O=C(Nc1ccc(-c2noc(C3CCC3)n2)cc1)N1CCc2ccccc2C1. The van der Waals surface area contributed by atoms with Crippen LogP contribution in [0.1, 0.15) is 42.2 Å².